The Morgan fingerprint density at radius 1 is 0.827 bits per heavy atom. The van der Waals surface area contributed by atoms with Gasteiger partial charge < -0.3 is 63.3 Å². The standard InChI is InChI=1S/C49H55Cl6NO19/c1-23(2)38(60)74-41(63)56-32(26-14-10-8-11-15-26)33(58)40(62)70-28-19-47(66)37(73-39(61)27-16-12-9-13-17-27)35-45(7,36(59)34(31(24(28)3)44(47,5)6)72-43(65)69-22-49(53,54)55)29(71-42(64)68-21-48(50,51)52)18-30-46(35,20-67-30)75-25(4)57/h8-17,23,28-30,32-35,37-38,58,60,66H,18-22H2,1-7H3,(H,56,63)/t28-,29-,30+,32-,33+,34+,35-,37-,38?,45+,46-,47+/m0/s1. The van der Waals surface area contributed by atoms with Crippen molar-refractivity contribution in [3.8, 4) is 0 Å². The van der Waals surface area contributed by atoms with Gasteiger partial charge in [0.15, 0.2) is 23.6 Å². The summed E-state index contributed by atoms with van der Waals surface area (Å²) < 4.78 is 47.4. The number of Topliss-reactive ketones (excluding diaryl/α,β-unsaturated/α-hetero) is 1. The van der Waals surface area contributed by atoms with Crippen LogP contribution in [0.3, 0.4) is 0 Å². The third-order valence-electron chi connectivity index (χ3n) is 14.1. The summed E-state index contributed by atoms with van der Waals surface area (Å²) >= 11 is 35.4. The monoisotopic (exact) mass is 1170 g/mol. The number of aliphatic hydroxyl groups excluding tert-OH is 2. The maximum Gasteiger partial charge on any atom is 0.509 e. The zero-order valence-electron chi connectivity index (χ0n) is 41.2. The molecule has 2 aromatic carbocycles. The molecule has 75 heavy (non-hydrogen) atoms. The van der Waals surface area contributed by atoms with Crippen molar-refractivity contribution in [2.45, 2.75) is 129 Å². The van der Waals surface area contributed by atoms with E-state index in [2.05, 4.69) is 5.32 Å². The number of hydrogen-bond acceptors (Lipinski definition) is 19. The number of halogens is 6. The van der Waals surface area contributed by atoms with Crippen molar-refractivity contribution in [2.24, 2.45) is 22.7 Å². The summed E-state index contributed by atoms with van der Waals surface area (Å²) in [4.78, 5) is 99.4. The van der Waals surface area contributed by atoms with Crippen LogP contribution in [0, 0.1) is 22.7 Å². The number of alkyl carbamates (subject to hydrolysis) is 1. The average Bonchev–Trinajstić information content (AvgIpc) is 3.32. The first-order valence-corrected chi connectivity index (χ1v) is 25.5. The quantitative estimate of drug-likeness (QED) is 0.0468. The van der Waals surface area contributed by atoms with Crippen LogP contribution in [0.25, 0.3) is 0 Å². The van der Waals surface area contributed by atoms with Crippen molar-refractivity contribution in [2.75, 3.05) is 19.8 Å². The van der Waals surface area contributed by atoms with E-state index >= 15 is 4.79 Å². The Morgan fingerprint density at radius 3 is 1.91 bits per heavy atom. The molecule has 1 unspecified atom stereocenters. The van der Waals surface area contributed by atoms with Gasteiger partial charge in [0.1, 0.15) is 43.2 Å². The van der Waals surface area contributed by atoms with Crippen LogP contribution >= 0.6 is 69.6 Å². The molecule has 2 saturated carbocycles. The summed E-state index contributed by atoms with van der Waals surface area (Å²) in [6, 6.07) is 13.5. The number of ketones is 1. The van der Waals surface area contributed by atoms with E-state index in [0.29, 0.717) is 0 Å². The van der Waals surface area contributed by atoms with Gasteiger partial charge in [0, 0.05) is 31.1 Å². The molecule has 2 bridgehead atoms. The predicted molar refractivity (Wildman–Crippen MR) is 266 cm³/mol. The number of hydrogen-bond donors (Lipinski definition) is 4. The largest absolute Gasteiger partial charge is 0.509 e. The Kier molecular flexibility index (Phi) is 18.3. The van der Waals surface area contributed by atoms with E-state index in [9.17, 15) is 44.1 Å². The van der Waals surface area contributed by atoms with Gasteiger partial charge in [-0.05, 0) is 42.7 Å². The Morgan fingerprint density at radius 2 is 1.39 bits per heavy atom. The van der Waals surface area contributed by atoms with Crippen LogP contribution in [0.1, 0.15) is 83.3 Å². The maximum atomic E-state index is 16.3. The molecule has 12 atom stereocenters. The fraction of sp³-hybridized carbons (Fsp3) is 0.571. The molecule has 4 aliphatic rings. The lowest BCUT2D eigenvalue weighted by Crippen LogP contribution is -2.82. The highest BCUT2D eigenvalue weighted by molar-refractivity contribution is 6.68. The smallest absolute Gasteiger partial charge is 0.456 e. The fourth-order valence-corrected chi connectivity index (χ4v) is 10.6. The van der Waals surface area contributed by atoms with Gasteiger partial charge >= 0.3 is 36.3 Å². The van der Waals surface area contributed by atoms with E-state index < -0.39 is 165 Å². The molecule has 0 spiro atoms. The summed E-state index contributed by atoms with van der Waals surface area (Å²) in [6.07, 6.45) is -18.6. The first-order chi connectivity index (χ1) is 34.8. The molecule has 1 heterocycles. The molecule has 0 aromatic heterocycles. The Labute approximate surface area is 460 Å². The van der Waals surface area contributed by atoms with Crippen molar-refractivity contribution in [1.82, 2.24) is 5.32 Å². The third-order valence-corrected chi connectivity index (χ3v) is 14.7. The normalized spacial score (nSPS) is 29.2. The molecule has 3 fully saturated rings. The number of aliphatic hydroxyl groups is 3. The summed E-state index contributed by atoms with van der Waals surface area (Å²) in [7, 11) is 0. The number of fused-ring (bicyclic) bond motifs is 5. The SMILES string of the molecule is CC(=O)O[C@@]12CO[C@@H]1C[C@H](OC(=O)OCC(Cl)(Cl)Cl)[C@@]1(C)C(=O)[C@H](OC(=O)OCC(Cl)(Cl)Cl)C3=C(C)[C@@H](OC(=O)[C@H](O)[C@@H](NC(=O)OC(O)C(C)C)c4ccccc4)C[C@@](O)([C@@H](OC(=O)c4ccccc4)[C@H]21)C3(C)C. The van der Waals surface area contributed by atoms with Crippen LogP contribution in [-0.4, -0.2) is 139 Å². The van der Waals surface area contributed by atoms with Gasteiger partial charge in [-0.1, -0.05) is 146 Å². The highest BCUT2D eigenvalue weighted by Crippen LogP contribution is 2.65. The van der Waals surface area contributed by atoms with Gasteiger partial charge in [0.05, 0.1) is 29.5 Å². The number of carbonyl (C=O) groups excluding carboxylic acids is 7. The van der Waals surface area contributed by atoms with E-state index in [1.165, 1.54) is 64.1 Å². The van der Waals surface area contributed by atoms with Crippen LogP contribution in [0.5, 0.6) is 0 Å². The second kappa shape index (κ2) is 22.9. The Hall–Kier alpha value is -4.35. The van der Waals surface area contributed by atoms with Crippen LogP contribution in [0.2, 0.25) is 0 Å². The molecule has 0 radical (unpaired) electrons. The zero-order chi connectivity index (χ0) is 55.8. The van der Waals surface area contributed by atoms with E-state index in [4.69, 9.17) is 112 Å². The molecule has 1 amide bonds. The van der Waals surface area contributed by atoms with Gasteiger partial charge in [-0.15, -0.1) is 0 Å². The highest BCUT2D eigenvalue weighted by atomic mass is 35.6. The van der Waals surface area contributed by atoms with Gasteiger partial charge in [0.2, 0.25) is 13.9 Å². The number of amides is 1. The van der Waals surface area contributed by atoms with Crippen molar-refractivity contribution in [1.29, 1.82) is 0 Å². The van der Waals surface area contributed by atoms with Crippen molar-refractivity contribution in [3.05, 3.63) is 82.9 Å². The number of benzene rings is 2. The number of alkyl halides is 6. The molecule has 412 valence electrons. The van der Waals surface area contributed by atoms with E-state index in [1.807, 2.05) is 0 Å². The number of ether oxygens (including phenoxy) is 9. The lowest BCUT2D eigenvalue weighted by atomic mass is 9.44. The zero-order valence-corrected chi connectivity index (χ0v) is 45.8. The Bertz CT molecular complexity index is 2520. The first-order valence-electron chi connectivity index (χ1n) is 23.2. The van der Waals surface area contributed by atoms with E-state index in [-0.39, 0.29) is 22.3 Å². The van der Waals surface area contributed by atoms with Crippen molar-refractivity contribution in [3.63, 3.8) is 0 Å². The summed E-state index contributed by atoms with van der Waals surface area (Å²) in [5.41, 5.74) is -9.41. The van der Waals surface area contributed by atoms with Crippen LogP contribution in [0.4, 0.5) is 14.4 Å². The summed E-state index contributed by atoms with van der Waals surface area (Å²) in [6.45, 7) is 7.32. The molecular formula is C49H55Cl6NO19. The second-order valence-electron chi connectivity index (χ2n) is 19.6. The minimum Gasteiger partial charge on any atom is -0.456 e. The fourth-order valence-electron chi connectivity index (χ4n) is 10.3. The van der Waals surface area contributed by atoms with Crippen molar-refractivity contribution < 1.29 is 91.5 Å². The first kappa shape index (κ1) is 59.9. The molecule has 6 rings (SSSR count). The number of carbonyl (C=O) groups is 7. The average molecular weight is 1170 g/mol. The molecular weight excluding hydrogens is 1120 g/mol. The molecule has 4 N–H and O–H groups in total. The van der Waals surface area contributed by atoms with E-state index in [0.717, 1.165) is 6.92 Å². The predicted octanol–water partition coefficient (Wildman–Crippen LogP) is 7.50. The minimum absolute atomic E-state index is 0.0681. The number of rotatable bonds is 14. The molecule has 2 aromatic rings. The molecule has 1 aliphatic heterocycles. The number of esters is 3. The van der Waals surface area contributed by atoms with Crippen LogP contribution in [-0.2, 0) is 57.0 Å². The summed E-state index contributed by atoms with van der Waals surface area (Å²) in [5.74, 6) is -7.05. The Balaban J connectivity index is 1.60. The minimum atomic E-state index is -2.68. The van der Waals surface area contributed by atoms with Gasteiger partial charge in [0.25, 0.3) is 0 Å². The topological polar surface area (TPSA) is 275 Å². The lowest BCUT2D eigenvalue weighted by Gasteiger charge is -2.67. The second-order valence-corrected chi connectivity index (χ2v) is 24.6. The third kappa shape index (κ3) is 12.7. The number of nitrogens with one attached hydrogen (secondary N) is 1. The van der Waals surface area contributed by atoms with Crippen LogP contribution < -0.4 is 5.32 Å². The van der Waals surface area contributed by atoms with Gasteiger partial charge in [-0.2, -0.15) is 0 Å². The lowest BCUT2D eigenvalue weighted by molar-refractivity contribution is -0.346. The highest BCUT2D eigenvalue weighted by Gasteiger charge is 2.79. The van der Waals surface area contributed by atoms with Crippen LogP contribution in [0.15, 0.2) is 71.8 Å². The van der Waals surface area contributed by atoms with E-state index in [1.54, 1.807) is 38.1 Å². The van der Waals surface area contributed by atoms with Gasteiger partial charge in [-0.25, -0.2) is 24.0 Å². The molecule has 1 saturated heterocycles. The molecule has 26 heteroatoms. The molecule has 20 nitrogen and oxygen atoms in total. The molecule has 3 aliphatic carbocycles. The van der Waals surface area contributed by atoms with Gasteiger partial charge in [-0.3, -0.25) is 9.59 Å². The maximum absolute atomic E-state index is 16.3. The van der Waals surface area contributed by atoms with Crippen molar-refractivity contribution >= 4 is 112 Å². The summed E-state index contributed by atoms with van der Waals surface area (Å²) in [5, 5.41) is 38.5.